The van der Waals surface area contributed by atoms with Gasteiger partial charge in [0.05, 0.1) is 4.90 Å². The van der Waals surface area contributed by atoms with Gasteiger partial charge in [-0.1, -0.05) is 23.8 Å². The van der Waals surface area contributed by atoms with Gasteiger partial charge in [0.15, 0.2) is 5.78 Å². The Morgan fingerprint density at radius 2 is 1.77 bits per heavy atom. The number of rotatable bonds is 12. The van der Waals surface area contributed by atoms with Crippen LogP contribution in [-0.4, -0.2) is 41.1 Å². The van der Waals surface area contributed by atoms with Gasteiger partial charge in [0.2, 0.25) is 10.0 Å². The van der Waals surface area contributed by atoms with E-state index in [2.05, 4.69) is 4.72 Å². The molecule has 0 fully saturated rings. The third-order valence-electron chi connectivity index (χ3n) is 3.63. The van der Waals surface area contributed by atoms with E-state index in [4.69, 9.17) is 9.05 Å². The summed E-state index contributed by atoms with van der Waals surface area (Å²) in [6, 6.07) is 6.65. The van der Waals surface area contributed by atoms with Crippen LogP contribution in [0.15, 0.2) is 41.3 Å². The van der Waals surface area contributed by atoms with Gasteiger partial charge >= 0.3 is 7.60 Å². The second-order valence-corrected chi connectivity index (χ2v) is 9.74. The molecule has 0 bridgehead atoms. The van der Waals surface area contributed by atoms with Gasteiger partial charge in [-0.15, -0.1) is 0 Å². The lowest BCUT2D eigenvalue weighted by Gasteiger charge is -2.10. The van der Waals surface area contributed by atoms with E-state index < -0.39 is 17.6 Å². The summed E-state index contributed by atoms with van der Waals surface area (Å²) in [6.07, 6.45) is 4.69. The van der Waals surface area contributed by atoms with Gasteiger partial charge < -0.3 is 9.05 Å². The van der Waals surface area contributed by atoms with Gasteiger partial charge in [0, 0.05) is 20.8 Å². The van der Waals surface area contributed by atoms with Gasteiger partial charge in [0.1, 0.15) is 6.16 Å². The summed E-state index contributed by atoms with van der Waals surface area (Å²) >= 11 is 0. The molecule has 1 N–H and O–H groups in total. The van der Waals surface area contributed by atoms with Crippen LogP contribution >= 0.6 is 7.60 Å². The Morgan fingerprint density at radius 1 is 1.15 bits per heavy atom. The molecule has 0 saturated carbocycles. The van der Waals surface area contributed by atoms with Crippen LogP contribution in [-0.2, 0) is 28.4 Å². The lowest BCUT2D eigenvalue weighted by Crippen LogP contribution is -2.24. The van der Waals surface area contributed by atoms with Crippen LogP contribution in [0.1, 0.15) is 24.8 Å². The third kappa shape index (κ3) is 7.93. The molecular weight excluding hydrogens is 377 g/mol. The number of ketones is 1. The van der Waals surface area contributed by atoms with E-state index in [9.17, 15) is 17.8 Å². The minimum Gasteiger partial charge on any atom is -0.312 e. The second kappa shape index (κ2) is 10.7. The van der Waals surface area contributed by atoms with Crippen molar-refractivity contribution in [3.8, 4) is 0 Å². The molecule has 0 spiro atoms. The first-order valence-electron chi connectivity index (χ1n) is 8.18. The Kier molecular flexibility index (Phi) is 9.39. The number of unbranched alkanes of at least 4 members (excludes halogenated alkanes) is 2. The number of hydrogen-bond acceptors (Lipinski definition) is 6. The quantitative estimate of drug-likeness (QED) is 0.327. The summed E-state index contributed by atoms with van der Waals surface area (Å²) in [6.45, 7) is 2.21. The van der Waals surface area contributed by atoms with Gasteiger partial charge in [-0.2, -0.15) is 0 Å². The first-order valence-corrected chi connectivity index (χ1v) is 11.4. The number of allylic oxidation sites excluding steroid dienone is 2. The van der Waals surface area contributed by atoms with Crippen molar-refractivity contribution in [1.82, 2.24) is 4.72 Å². The number of sulfonamides is 1. The highest BCUT2D eigenvalue weighted by atomic mass is 32.2. The first kappa shape index (κ1) is 22.7. The molecule has 0 aromatic heterocycles. The Bertz CT molecular complexity index is 750. The molecule has 0 aliphatic heterocycles. The Hall–Kier alpha value is -1.31. The smallest absolute Gasteiger partial charge is 0.312 e. The minimum absolute atomic E-state index is 0.245. The number of hydrogen-bond donors (Lipinski definition) is 1. The molecule has 1 rings (SSSR count). The highest BCUT2D eigenvalue weighted by Gasteiger charge is 2.23. The van der Waals surface area contributed by atoms with Gasteiger partial charge in [-0.3, -0.25) is 9.36 Å². The van der Waals surface area contributed by atoms with Crippen molar-refractivity contribution >= 4 is 23.4 Å². The van der Waals surface area contributed by atoms with Gasteiger partial charge in [0.25, 0.3) is 0 Å². The molecule has 0 aliphatic carbocycles. The fourth-order valence-corrected chi connectivity index (χ4v) is 4.02. The largest absolute Gasteiger partial charge is 0.337 e. The summed E-state index contributed by atoms with van der Waals surface area (Å²) in [5.41, 5.74) is 0.998. The molecule has 0 amide bonds. The molecule has 0 unspecified atom stereocenters. The third-order valence-corrected chi connectivity index (χ3v) is 6.92. The molecule has 26 heavy (non-hydrogen) atoms. The standard InChI is InChI=1S/C17H26NO6PS/c1-15-9-11-17(12-10-15)26(21,22)18-13-7-5-4-6-8-16(19)14-25(20,23-2)24-3/h6,8-12,18H,4-5,7,13-14H2,1-3H3/b8-6+. The van der Waals surface area contributed by atoms with E-state index in [1.54, 1.807) is 30.3 Å². The van der Waals surface area contributed by atoms with Crippen LogP contribution in [0.4, 0.5) is 0 Å². The van der Waals surface area contributed by atoms with Crippen molar-refractivity contribution in [2.24, 2.45) is 0 Å². The molecule has 0 heterocycles. The number of aryl methyl sites for hydroxylation is 1. The fourth-order valence-electron chi connectivity index (χ4n) is 2.06. The summed E-state index contributed by atoms with van der Waals surface area (Å²) < 4.78 is 47.9. The molecule has 0 atom stereocenters. The second-order valence-electron chi connectivity index (χ2n) is 5.71. The molecular formula is C17H26NO6PS. The lowest BCUT2D eigenvalue weighted by atomic mass is 10.2. The van der Waals surface area contributed by atoms with Crippen molar-refractivity contribution in [2.75, 3.05) is 26.9 Å². The Balaban J connectivity index is 2.29. The lowest BCUT2D eigenvalue weighted by molar-refractivity contribution is -0.112. The van der Waals surface area contributed by atoms with Crippen LogP contribution in [0.2, 0.25) is 0 Å². The van der Waals surface area contributed by atoms with Crippen molar-refractivity contribution in [1.29, 1.82) is 0 Å². The van der Waals surface area contributed by atoms with Crippen LogP contribution < -0.4 is 4.72 Å². The average Bonchev–Trinajstić information content (AvgIpc) is 2.61. The number of carbonyl (C=O) groups is 1. The van der Waals surface area contributed by atoms with E-state index in [0.717, 1.165) is 5.56 Å². The highest BCUT2D eigenvalue weighted by molar-refractivity contribution is 7.89. The van der Waals surface area contributed by atoms with Crippen molar-refractivity contribution in [3.63, 3.8) is 0 Å². The molecule has 0 radical (unpaired) electrons. The maximum Gasteiger partial charge on any atom is 0.337 e. The Morgan fingerprint density at radius 3 is 2.35 bits per heavy atom. The predicted molar refractivity (Wildman–Crippen MR) is 101 cm³/mol. The summed E-state index contributed by atoms with van der Waals surface area (Å²) in [5.74, 6) is -0.336. The summed E-state index contributed by atoms with van der Waals surface area (Å²) in [5, 5.41) is 0. The van der Waals surface area contributed by atoms with E-state index >= 15 is 0 Å². The average molecular weight is 403 g/mol. The molecule has 146 valence electrons. The zero-order valence-corrected chi connectivity index (χ0v) is 17.0. The molecule has 9 heteroatoms. The maximum atomic E-state index is 12.1. The maximum absolute atomic E-state index is 12.1. The van der Waals surface area contributed by atoms with E-state index in [1.807, 2.05) is 6.92 Å². The molecule has 0 aliphatic rings. The molecule has 1 aromatic rings. The van der Waals surface area contributed by atoms with Crippen LogP contribution in [0.3, 0.4) is 0 Å². The van der Waals surface area contributed by atoms with Gasteiger partial charge in [-0.05, 0) is 44.4 Å². The topological polar surface area (TPSA) is 98.8 Å². The fraction of sp³-hybridized carbons (Fsp3) is 0.471. The molecule has 7 nitrogen and oxygen atoms in total. The van der Waals surface area contributed by atoms with Crippen molar-refractivity contribution in [3.05, 3.63) is 42.0 Å². The van der Waals surface area contributed by atoms with E-state index in [-0.39, 0.29) is 16.8 Å². The number of nitrogens with one attached hydrogen (secondary N) is 1. The molecule has 0 saturated heterocycles. The minimum atomic E-state index is -3.49. The SMILES string of the molecule is COP(=O)(CC(=O)/C=C/CCCCNS(=O)(=O)c1ccc(C)cc1)OC. The summed E-state index contributed by atoms with van der Waals surface area (Å²) in [7, 11) is -4.35. The van der Waals surface area contributed by atoms with Crippen molar-refractivity contribution in [2.45, 2.75) is 31.1 Å². The monoisotopic (exact) mass is 403 g/mol. The van der Waals surface area contributed by atoms with Gasteiger partial charge in [-0.25, -0.2) is 13.1 Å². The van der Waals surface area contributed by atoms with E-state index in [0.29, 0.717) is 25.8 Å². The molecule has 1 aromatic carbocycles. The van der Waals surface area contributed by atoms with Crippen LogP contribution in [0, 0.1) is 6.92 Å². The number of carbonyl (C=O) groups excluding carboxylic acids is 1. The zero-order valence-electron chi connectivity index (χ0n) is 15.3. The first-order chi connectivity index (χ1) is 12.2. The number of benzene rings is 1. The highest BCUT2D eigenvalue weighted by Crippen LogP contribution is 2.45. The Labute approximate surface area is 155 Å². The summed E-state index contributed by atoms with van der Waals surface area (Å²) in [4.78, 5) is 11.9. The van der Waals surface area contributed by atoms with E-state index in [1.165, 1.54) is 20.3 Å². The zero-order chi connectivity index (χ0) is 19.6. The predicted octanol–water partition coefficient (Wildman–Crippen LogP) is 3.05. The normalized spacial score (nSPS) is 12.6. The van der Waals surface area contributed by atoms with Crippen LogP contribution in [0.25, 0.3) is 0 Å². The van der Waals surface area contributed by atoms with Crippen LogP contribution in [0.5, 0.6) is 0 Å². The van der Waals surface area contributed by atoms with Crippen molar-refractivity contribution < 1.29 is 26.8 Å².